The van der Waals surface area contributed by atoms with E-state index < -0.39 is 29.8 Å². The summed E-state index contributed by atoms with van der Waals surface area (Å²) in [5, 5.41) is 13.6. The average Bonchev–Trinajstić information content (AvgIpc) is 3.21. The molecule has 4 amide bonds. The molecule has 2 aliphatic heterocycles. The fourth-order valence-corrected chi connectivity index (χ4v) is 4.09. The standard InChI is InChI=1S/C27H23N3O8/c31-22(9-4-16-1-5-19(6-2-16)38-25(35)12-11-24(33)34)28-14-17-3-7-20-18(13-17)15-30(27(20)37)21-8-10-23(32)29-26(21)36/h1-3,5-7,13,21H,8,10-12,14-15H2,(H,28,31)(H,33,34)(H,29,32,36). The minimum absolute atomic E-state index is 0.179. The number of carboxylic acids is 1. The second kappa shape index (κ2) is 11.4. The van der Waals surface area contributed by atoms with Gasteiger partial charge in [-0.15, -0.1) is 0 Å². The van der Waals surface area contributed by atoms with Gasteiger partial charge < -0.3 is 20.1 Å². The lowest BCUT2D eigenvalue weighted by Gasteiger charge is -2.29. The molecule has 0 aromatic heterocycles. The third-order valence-electron chi connectivity index (χ3n) is 5.99. The number of benzene rings is 2. The molecule has 0 saturated carbocycles. The third-order valence-corrected chi connectivity index (χ3v) is 5.99. The number of carbonyl (C=O) groups excluding carboxylic acids is 5. The van der Waals surface area contributed by atoms with Crippen LogP contribution in [0.3, 0.4) is 0 Å². The Bertz CT molecular complexity index is 1390. The van der Waals surface area contributed by atoms with Crippen LogP contribution in [0.2, 0.25) is 0 Å². The fourth-order valence-electron chi connectivity index (χ4n) is 4.09. The predicted octanol–water partition coefficient (Wildman–Crippen LogP) is 0.886. The molecule has 3 N–H and O–H groups in total. The fraction of sp³-hybridized carbons (Fsp3) is 0.259. The van der Waals surface area contributed by atoms with Crippen molar-refractivity contribution in [1.29, 1.82) is 0 Å². The van der Waals surface area contributed by atoms with Crippen molar-refractivity contribution in [2.45, 2.75) is 44.8 Å². The number of piperidine rings is 1. The highest BCUT2D eigenvalue weighted by atomic mass is 16.5. The molecule has 38 heavy (non-hydrogen) atoms. The van der Waals surface area contributed by atoms with Gasteiger partial charge in [-0.25, -0.2) is 0 Å². The van der Waals surface area contributed by atoms with E-state index in [1.165, 1.54) is 17.0 Å². The van der Waals surface area contributed by atoms with Crippen LogP contribution in [0.1, 0.15) is 52.7 Å². The van der Waals surface area contributed by atoms with Gasteiger partial charge in [0.2, 0.25) is 11.8 Å². The number of carbonyl (C=O) groups is 6. The van der Waals surface area contributed by atoms with Crippen LogP contribution >= 0.6 is 0 Å². The molecular weight excluding hydrogens is 494 g/mol. The van der Waals surface area contributed by atoms with Crippen molar-refractivity contribution in [3.63, 3.8) is 0 Å². The van der Waals surface area contributed by atoms with Gasteiger partial charge in [-0.1, -0.05) is 18.1 Å². The van der Waals surface area contributed by atoms with Crippen molar-refractivity contribution in [3.05, 3.63) is 64.7 Å². The van der Waals surface area contributed by atoms with E-state index in [1.807, 2.05) is 0 Å². The second-order valence-electron chi connectivity index (χ2n) is 8.72. The second-order valence-corrected chi connectivity index (χ2v) is 8.72. The molecule has 1 atom stereocenters. The summed E-state index contributed by atoms with van der Waals surface area (Å²) in [4.78, 5) is 72.1. The summed E-state index contributed by atoms with van der Waals surface area (Å²) < 4.78 is 5.03. The Morgan fingerprint density at radius 1 is 1.08 bits per heavy atom. The van der Waals surface area contributed by atoms with Gasteiger partial charge >= 0.3 is 11.9 Å². The summed E-state index contributed by atoms with van der Waals surface area (Å²) in [5.41, 5.74) is 2.49. The SMILES string of the molecule is O=C(O)CCC(=O)Oc1ccc(C#CC(=O)NCc2ccc3c(c2)CN(C2CCC(=O)NC2=O)C3=O)cc1. The van der Waals surface area contributed by atoms with Gasteiger partial charge in [-0.3, -0.25) is 34.1 Å². The van der Waals surface area contributed by atoms with Crippen LogP contribution in [0.15, 0.2) is 42.5 Å². The monoisotopic (exact) mass is 517 g/mol. The Morgan fingerprint density at radius 2 is 1.84 bits per heavy atom. The molecule has 11 nitrogen and oxygen atoms in total. The zero-order valence-corrected chi connectivity index (χ0v) is 20.1. The molecule has 194 valence electrons. The van der Waals surface area contributed by atoms with Crippen molar-refractivity contribution in [1.82, 2.24) is 15.5 Å². The highest BCUT2D eigenvalue weighted by Crippen LogP contribution is 2.28. The first-order valence-corrected chi connectivity index (χ1v) is 11.8. The lowest BCUT2D eigenvalue weighted by atomic mass is 10.0. The maximum absolute atomic E-state index is 12.8. The van der Waals surface area contributed by atoms with Crippen LogP contribution in [0.4, 0.5) is 0 Å². The van der Waals surface area contributed by atoms with E-state index in [0.717, 1.165) is 11.1 Å². The van der Waals surface area contributed by atoms with E-state index in [4.69, 9.17) is 9.84 Å². The van der Waals surface area contributed by atoms with Crippen molar-refractivity contribution < 1.29 is 38.6 Å². The van der Waals surface area contributed by atoms with E-state index in [0.29, 0.717) is 11.1 Å². The Balaban J connectivity index is 1.29. The number of nitrogens with one attached hydrogen (secondary N) is 2. The van der Waals surface area contributed by atoms with Crippen molar-refractivity contribution in [2.75, 3.05) is 0 Å². The van der Waals surface area contributed by atoms with Crippen LogP contribution in [0.5, 0.6) is 5.75 Å². The molecule has 4 rings (SSSR count). The predicted molar refractivity (Wildman–Crippen MR) is 130 cm³/mol. The number of aliphatic carboxylic acids is 1. The van der Waals surface area contributed by atoms with Crippen LogP contribution in [0.25, 0.3) is 0 Å². The van der Waals surface area contributed by atoms with Gasteiger partial charge in [0.15, 0.2) is 0 Å². The molecule has 2 heterocycles. The lowest BCUT2D eigenvalue weighted by Crippen LogP contribution is -2.52. The van der Waals surface area contributed by atoms with Gasteiger partial charge in [0, 0.05) is 36.6 Å². The maximum atomic E-state index is 12.8. The molecule has 0 bridgehead atoms. The summed E-state index contributed by atoms with van der Waals surface area (Å²) in [6.45, 7) is 0.422. The molecule has 2 aromatic carbocycles. The summed E-state index contributed by atoms with van der Waals surface area (Å²) in [7, 11) is 0. The number of hydrogen-bond acceptors (Lipinski definition) is 7. The first kappa shape index (κ1) is 26.1. The molecule has 1 saturated heterocycles. The number of carboxylic acid groups (broad SMARTS) is 1. The number of fused-ring (bicyclic) bond motifs is 1. The van der Waals surface area contributed by atoms with Crippen molar-refractivity contribution >= 4 is 35.6 Å². The topological polar surface area (TPSA) is 159 Å². The number of nitrogens with zero attached hydrogens (tertiary/aromatic N) is 1. The number of esters is 1. The van der Waals surface area contributed by atoms with Crippen LogP contribution in [-0.4, -0.2) is 51.6 Å². The van der Waals surface area contributed by atoms with E-state index in [-0.39, 0.29) is 56.3 Å². The highest BCUT2D eigenvalue weighted by molar-refractivity contribution is 6.05. The van der Waals surface area contributed by atoms with E-state index >= 15 is 0 Å². The van der Waals surface area contributed by atoms with Crippen LogP contribution in [0, 0.1) is 11.8 Å². The van der Waals surface area contributed by atoms with E-state index in [2.05, 4.69) is 22.5 Å². The number of hydrogen-bond donors (Lipinski definition) is 3. The van der Waals surface area contributed by atoms with Gasteiger partial charge in [-0.2, -0.15) is 0 Å². The molecular formula is C27H23N3O8. The first-order chi connectivity index (χ1) is 18.2. The molecule has 1 unspecified atom stereocenters. The molecule has 2 aromatic rings. The Morgan fingerprint density at radius 3 is 2.55 bits per heavy atom. The first-order valence-electron chi connectivity index (χ1n) is 11.8. The third kappa shape index (κ3) is 6.41. The lowest BCUT2D eigenvalue weighted by molar-refractivity contribution is -0.142. The van der Waals surface area contributed by atoms with Crippen LogP contribution in [-0.2, 0) is 37.1 Å². The summed E-state index contributed by atoms with van der Waals surface area (Å²) in [6, 6.07) is 10.6. The number of rotatable bonds is 7. The van der Waals surface area contributed by atoms with Crippen molar-refractivity contribution in [3.8, 4) is 17.6 Å². The maximum Gasteiger partial charge on any atom is 0.311 e. The van der Waals surface area contributed by atoms with Crippen LogP contribution < -0.4 is 15.4 Å². The Hall–Kier alpha value is -4.98. The van der Waals surface area contributed by atoms with Gasteiger partial charge in [0.05, 0.1) is 12.8 Å². The van der Waals surface area contributed by atoms with Crippen molar-refractivity contribution in [2.24, 2.45) is 0 Å². The quantitative estimate of drug-likeness (QED) is 0.211. The molecule has 0 radical (unpaired) electrons. The smallest absolute Gasteiger partial charge is 0.311 e. The van der Waals surface area contributed by atoms with E-state index in [9.17, 15) is 28.8 Å². The van der Waals surface area contributed by atoms with Gasteiger partial charge in [0.1, 0.15) is 11.8 Å². The summed E-state index contributed by atoms with van der Waals surface area (Å²) >= 11 is 0. The minimum atomic E-state index is -1.09. The summed E-state index contributed by atoms with van der Waals surface area (Å²) in [6.07, 6.45) is -0.0920. The number of imide groups is 1. The molecule has 1 fully saturated rings. The van der Waals surface area contributed by atoms with Gasteiger partial charge in [-0.05, 0) is 47.9 Å². The zero-order valence-electron chi connectivity index (χ0n) is 20.1. The normalized spacial score (nSPS) is 16.2. The highest BCUT2D eigenvalue weighted by Gasteiger charge is 2.39. The Labute approximate surface area is 217 Å². The zero-order chi connectivity index (χ0) is 27.2. The molecule has 0 spiro atoms. The average molecular weight is 517 g/mol. The molecule has 0 aliphatic carbocycles. The number of ether oxygens (including phenoxy) is 1. The molecule has 2 aliphatic rings. The minimum Gasteiger partial charge on any atom is -0.481 e. The Kier molecular flexibility index (Phi) is 7.82. The largest absolute Gasteiger partial charge is 0.481 e. The molecule has 11 heteroatoms. The number of amides is 4. The summed E-state index contributed by atoms with van der Waals surface area (Å²) in [5.74, 6) is 2.06. The van der Waals surface area contributed by atoms with E-state index in [1.54, 1.807) is 30.3 Å². The van der Waals surface area contributed by atoms with Gasteiger partial charge in [0.25, 0.3) is 11.8 Å².